The molecular weight excluding hydrogens is 514 g/mol. The van der Waals surface area contributed by atoms with E-state index in [0.717, 1.165) is 15.9 Å². The van der Waals surface area contributed by atoms with E-state index in [1.807, 2.05) is 66.7 Å². The first-order chi connectivity index (χ1) is 18.3. The van der Waals surface area contributed by atoms with Gasteiger partial charge in [-0.2, -0.15) is 0 Å². The molecule has 0 spiro atoms. The largest absolute Gasteiger partial charge is 0.447 e. The third kappa shape index (κ3) is 5.78. The molecule has 0 aliphatic carbocycles. The molecule has 5 nitrogen and oxygen atoms in total. The van der Waals surface area contributed by atoms with Crippen LogP contribution in [0.5, 0.6) is 0 Å². The first-order valence-electron chi connectivity index (χ1n) is 12.9. The van der Waals surface area contributed by atoms with Crippen molar-refractivity contribution in [3.63, 3.8) is 0 Å². The van der Waals surface area contributed by atoms with E-state index in [2.05, 4.69) is 45.0 Å². The molecule has 1 heterocycles. The van der Waals surface area contributed by atoms with Gasteiger partial charge in [0, 0.05) is 12.0 Å². The van der Waals surface area contributed by atoms with Crippen molar-refractivity contribution in [3.05, 3.63) is 108 Å². The van der Waals surface area contributed by atoms with Crippen LogP contribution in [0.1, 0.15) is 32.8 Å². The van der Waals surface area contributed by atoms with Crippen molar-refractivity contribution in [1.29, 1.82) is 0 Å². The van der Waals surface area contributed by atoms with Crippen LogP contribution in [0.2, 0.25) is 5.04 Å². The number of benzene rings is 3. The summed E-state index contributed by atoms with van der Waals surface area (Å²) in [6.07, 6.45) is 0.877. The zero-order valence-electron chi connectivity index (χ0n) is 22.0. The Bertz CT molecular complexity index is 1210. The monoisotopic (exact) mass is 547 g/mol. The van der Waals surface area contributed by atoms with E-state index < -0.39 is 32.5 Å². The van der Waals surface area contributed by atoms with Gasteiger partial charge in [0.2, 0.25) is 0 Å². The zero-order chi connectivity index (χ0) is 27.2. The van der Waals surface area contributed by atoms with Crippen molar-refractivity contribution in [2.24, 2.45) is 0 Å². The fraction of sp³-hybridized carbons (Fsp3) is 0.290. The molecule has 0 unspecified atom stereocenters. The van der Waals surface area contributed by atoms with Gasteiger partial charge in [-0.05, 0) is 27.4 Å². The van der Waals surface area contributed by atoms with Gasteiger partial charge in [0.15, 0.2) is 0 Å². The van der Waals surface area contributed by atoms with Gasteiger partial charge >= 0.3 is 6.09 Å². The number of hydrogen-bond donors (Lipinski definition) is 0. The maximum absolute atomic E-state index is 14.2. The van der Waals surface area contributed by atoms with Crippen molar-refractivity contribution < 1.29 is 18.8 Å². The maximum atomic E-state index is 14.2. The highest BCUT2D eigenvalue weighted by atomic mass is 35.5. The third-order valence-corrected chi connectivity index (χ3v) is 12.2. The average Bonchev–Trinajstić information content (AvgIpc) is 3.29. The highest BCUT2D eigenvalue weighted by Crippen LogP contribution is 2.38. The van der Waals surface area contributed by atoms with Crippen LogP contribution in [0.15, 0.2) is 103 Å². The molecular formula is C31H34ClNO4Si. The number of rotatable bonds is 9. The predicted molar refractivity (Wildman–Crippen MR) is 154 cm³/mol. The van der Waals surface area contributed by atoms with Crippen molar-refractivity contribution in [3.8, 4) is 0 Å². The Kier molecular flexibility index (Phi) is 8.87. The number of amides is 2. The lowest BCUT2D eigenvalue weighted by Gasteiger charge is -2.45. The molecule has 198 valence electrons. The van der Waals surface area contributed by atoms with Crippen LogP contribution in [0, 0.1) is 0 Å². The molecule has 1 fully saturated rings. The molecule has 3 aromatic carbocycles. The molecule has 0 radical (unpaired) electrons. The second-order valence-electron chi connectivity index (χ2n) is 10.5. The number of imide groups is 1. The summed E-state index contributed by atoms with van der Waals surface area (Å²) in [5.41, 5.74) is 2.41. The van der Waals surface area contributed by atoms with Gasteiger partial charge in [0.05, 0.1) is 6.04 Å². The van der Waals surface area contributed by atoms with Crippen LogP contribution in [-0.2, 0) is 20.4 Å². The van der Waals surface area contributed by atoms with E-state index in [9.17, 15) is 9.59 Å². The molecule has 0 N–H and O–H groups in total. The van der Waals surface area contributed by atoms with Gasteiger partial charge in [-0.15, -0.1) is 0 Å². The number of cyclic esters (lactones) is 1. The van der Waals surface area contributed by atoms with Gasteiger partial charge in [-0.1, -0.05) is 129 Å². The van der Waals surface area contributed by atoms with Gasteiger partial charge < -0.3 is 9.16 Å². The fourth-order valence-electron chi connectivity index (χ4n) is 5.20. The molecule has 0 aromatic heterocycles. The van der Waals surface area contributed by atoms with Crippen molar-refractivity contribution in [1.82, 2.24) is 4.90 Å². The van der Waals surface area contributed by atoms with Crippen LogP contribution in [-0.4, -0.2) is 44.0 Å². The van der Waals surface area contributed by atoms with E-state index >= 15 is 0 Å². The number of carbonyl (C=O) groups is 2. The highest BCUT2D eigenvalue weighted by Gasteiger charge is 2.53. The minimum Gasteiger partial charge on any atom is -0.447 e. The molecule has 0 saturated carbocycles. The van der Waals surface area contributed by atoms with Gasteiger partial charge in [0.25, 0.3) is 14.2 Å². The van der Waals surface area contributed by atoms with Gasteiger partial charge in [-0.25, -0.2) is 9.69 Å². The second-order valence-corrected chi connectivity index (χ2v) is 15.0. The van der Waals surface area contributed by atoms with Crippen molar-refractivity contribution in [2.75, 3.05) is 6.61 Å². The molecule has 7 heteroatoms. The van der Waals surface area contributed by atoms with Crippen molar-refractivity contribution in [2.45, 2.75) is 50.8 Å². The number of carbonyl (C=O) groups excluding carboxylic acids is 2. The Morgan fingerprint density at radius 1 is 1.00 bits per heavy atom. The summed E-state index contributed by atoms with van der Waals surface area (Å²) in [6, 6.07) is 29.6. The Morgan fingerprint density at radius 3 is 2.03 bits per heavy atom. The molecule has 4 rings (SSSR count). The van der Waals surface area contributed by atoms with Crippen LogP contribution in [0.3, 0.4) is 0 Å². The Balaban J connectivity index is 1.77. The minimum atomic E-state index is -3.07. The molecule has 1 aliphatic heterocycles. The lowest BCUT2D eigenvalue weighted by molar-refractivity contribution is -0.136. The molecule has 3 aromatic rings. The summed E-state index contributed by atoms with van der Waals surface area (Å²) >= 11 is 5.93. The smallest absolute Gasteiger partial charge is 0.417 e. The Hall–Kier alpha value is -3.19. The molecule has 2 atom stereocenters. The summed E-state index contributed by atoms with van der Waals surface area (Å²) in [7, 11) is -3.07. The molecule has 2 amide bonds. The van der Waals surface area contributed by atoms with Crippen LogP contribution >= 0.6 is 11.6 Å². The Labute approximate surface area is 231 Å². The summed E-state index contributed by atoms with van der Waals surface area (Å²) in [4.78, 5) is 28.3. The third-order valence-electron chi connectivity index (χ3n) is 6.96. The summed E-state index contributed by atoms with van der Waals surface area (Å²) in [5.74, 6) is -0.406. The molecule has 1 saturated heterocycles. The van der Waals surface area contributed by atoms with E-state index in [-0.39, 0.29) is 18.1 Å². The fourth-order valence-corrected chi connectivity index (χ4v) is 9.94. The zero-order valence-corrected chi connectivity index (χ0v) is 23.8. The quantitative estimate of drug-likeness (QED) is 0.324. The van der Waals surface area contributed by atoms with Crippen LogP contribution in [0.4, 0.5) is 4.79 Å². The highest BCUT2D eigenvalue weighted by molar-refractivity contribution is 6.99. The Morgan fingerprint density at radius 2 is 1.53 bits per heavy atom. The molecule has 0 bridgehead atoms. The van der Waals surface area contributed by atoms with Gasteiger partial charge in [0.1, 0.15) is 12.7 Å². The maximum Gasteiger partial charge on any atom is 0.417 e. The number of nitrogens with zero attached hydrogens (tertiary/aromatic N) is 1. The number of ether oxygens (including phenoxy) is 1. The molecule has 1 aliphatic rings. The topological polar surface area (TPSA) is 55.8 Å². The minimum absolute atomic E-state index is 0.150. The summed E-state index contributed by atoms with van der Waals surface area (Å²) in [6.45, 7) is 6.61. The normalized spacial score (nSPS) is 17.0. The predicted octanol–water partition coefficient (Wildman–Crippen LogP) is 5.66. The van der Waals surface area contributed by atoms with Crippen molar-refractivity contribution >= 4 is 42.3 Å². The number of halogens is 1. The van der Waals surface area contributed by atoms with Crippen LogP contribution in [0.25, 0.3) is 0 Å². The van der Waals surface area contributed by atoms with Gasteiger partial charge in [-0.3, -0.25) is 4.79 Å². The molecule has 38 heavy (non-hydrogen) atoms. The lowest BCUT2D eigenvalue weighted by atomic mass is 10.1. The van der Waals surface area contributed by atoms with E-state index in [0.29, 0.717) is 6.42 Å². The summed E-state index contributed by atoms with van der Waals surface area (Å²) < 4.78 is 12.5. The van der Waals surface area contributed by atoms with E-state index in [4.69, 9.17) is 20.8 Å². The first-order valence-corrected chi connectivity index (χ1v) is 15.2. The summed E-state index contributed by atoms with van der Waals surface area (Å²) in [5, 5.41) is 1.76. The van der Waals surface area contributed by atoms with Crippen LogP contribution < -0.4 is 10.4 Å². The van der Waals surface area contributed by atoms with E-state index in [1.54, 1.807) is 6.08 Å². The number of hydrogen-bond acceptors (Lipinski definition) is 4. The first kappa shape index (κ1) is 27.8. The SMILES string of the molecule is CC(C)(C)[Si](O[C@@H](C/C=C\Cl)C(=O)N1C(=O)OC[C@H]1Cc1ccccc1)(c1ccccc1)c1ccccc1. The second kappa shape index (κ2) is 12.1. The lowest BCUT2D eigenvalue weighted by Crippen LogP contribution is -2.68. The average molecular weight is 548 g/mol. The van der Waals surface area contributed by atoms with E-state index in [1.165, 1.54) is 10.4 Å². The standard InChI is InChI=1S/C31H34ClNO4Si/c1-31(2,3)38(26-16-9-5-10-17-26,27-18-11-6-12-19-27)37-28(20-13-21-32)29(34)33-25(23-36-30(33)35)22-24-14-7-4-8-15-24/h4-19,21,25,28H,20,22-23H2,1-3H3/b21-13-/t25-,28+/m1/s1.